The van der Waals surface area contributed by atoms with E-state index in [0.29, 0.717) is 69.9 Å². The molecule has 0 aliphatic carbocycles. The number of amides is 5. The number of benzene rings is 2. The van der Waals surface area contributed by atoms with Crippen LogP contribution >= 0.6 is 0 Å². The van der Waals surface area contributed by atoms with Gasteiger partial charge < -0.3 is 34.5 Å². The maximum atomic E-state index is 13.5. The molecule has 2 aromatic carbocycles. The lowest BCUT2D eigenvalue weighted by atomic mass is 9.96. The minimum atomic E-state index is -0.410. The van der Waals surface area contributed by atoms with Crippen LogP contribution in [0.1, 0.15) is 55.4 Å². The van der Waals surface area contributed by atoms with Crippen molar-refractivity contribution in [3.8, 4) is 22.5 Å². The van der Waals surface area contributed by atoms with Crippen molar-refractivity contribution in [2.45, 2.75) is 53.5 Å². The van der Waals surface area contributed by atoms with E-state index in [-0.39, 0.29) is 53.8 Å². The van der Waals surface area contributed by atoms with E-state index in [2.05, 4.69) is 39.9 Å². The molecular formula is C40H59N7O9. The average molecular weight is 782 g/mol. The molecule has 3 N–H and O–H groups in total. The summed E-state index contributed by atoms with van der Waals surface area (Å²) < 4.78 is 21.9. The molecule has 3 heterocycles. The van der Waals surface area contributed by atoms with Gasteiger partial charge in [-0.05, 0) is 11.6 Å². The third-order valence-corrected chi connectivity index (χ3v) is 7.93. The van der Waals surface area contributed by atoms with E-state index in [9.17, 15) is 24.0 Å². The lowest BCUT2D eigenvalue weighted by Crippen LogP contribution is -2.37. The summed E-state index contributed by atoms with van der Waals surface area (Å²) in [5, 5.41) is 16.9. The van der Waals surface area contributed by atoms with Gasteiger partial charge in [0, 0.05) is 52.2 Å². The van der Waals surface area contributed by atoms with Gasteiger partial charge in [-0.15, -0.1) is 0 Å². The molecule has 308 valence electrons. The first-order valence-corrected chi connectivity index (χ1v) is 19.1. The summed E-state index contributed by atoms with van der Waals surface area (Å²) >= 11 is 0. The number of ether oxygens (including phenoxy) is 4. The molecule has 1 aromatic heterocycles. The van der Waals surface area contributed by atoms with Gasteiger partial charge in [-0.25, -0.2) is 0 Å². The van der Waals surface area contributed by atoms with Gasteiger partial charge in [0.05, 0.1) is 65.1 Å². The van der Waals surface area contributed by atoms with Crippen LogP contribution in [0.2, 0.25) is 0 Å². The summed E-state index contributed by atoms with van der Waals surface area (Å²) in [6.45, 7) is 11.8. The van der Waals surface area contributed by atoms with E-state index in [1.165, 1.54) is 18.6 Å². The van der Waals surface area contributed by atoms with E-state index in [0.717, 1.165) is 21.6 Å². The Kier molecular flexibility index (Phi) is 20.7. The molecular weight excluding hydrogens is 722 g/mol. The maximum absolute atomic E-state index is 13.5. The first-order valence-electron chi connectivity index (χ1n) is 19.1. The fraction of sp³-hybridized carbons (Fsp3) is 0.475. The van der Waals surface area contributed by atoms with Crippen molar-refractivity contribution in [3.63, 3.8) is 0 Å². The molecule has 0 saturated heterocycles. The molecule has 5 rings (SSSR count). The highest BCUT2D eigenvalue weighted by molar-refractivity contribution is 6.13. The molecule has 0 saturated carbocycles. The minimum absolute atomic E-state index is 0. The van der Waals surface area contributed by atoms with E-state index in [1.54, 1.807) is 4.90 Å². The van der Waals surface area contributed by atoms with Crippen molar-refractivity contribution >= 4 is 35.2 Å². The highest BCUT2D eigenvalue weighted by atomic mass is 16.6. The molecule has 16 heteroatoms. The van der Waals surface area contributed by atoms with Crippen molar-refractivity contribution in [2.24, 2.45) is 0 Å². The number of fused-ring (bicyclic) bond motifs is 5. The molecule has 56 heavy (non-hydrogen) atoms. The fourth-order valence-electron chi connectivity index (χ4n) is 5.42. The number of nitrogens with zero attached hydrogens (tertiary/aromatic N) is 4. The average Bonchev–Trinajstić information content (AvgIpc) is 3.81. The molecule has 2 aliphatic rings. The summed E-state index contributed by atoms with van der Waals surface area (Å²) in [6, 6.07) is 15.2. The number of hydrogen-bond acceptors (Lipinski definition) is 11. The Morgan fingerprint density at radius 1 is 0.714 bits per heavy atom. The molecule has 2 aliphatic heterocycles. The minimum Gasteiger partial charge on any atom is -0.377 e. The third-order valence-electron chi connectivity index (χ3n) is 7.93. The summed E-state index contributed by atoms with van der Waals surface area (Å²) in [7, 11) is 0. The standard InChI is InChI=1S/C35H41N7O9.C3H8.C2H6.2H2/c43-29(11-14-41-31(45)9-10-32(41)46)36-12-15-48-17-19-50-21-22-51-20-18-49-16-13-37-30(44)23-33(47)42-24-25-5-1-2-6-26(25)34-35(39-40-38-34)27-7-3-4-8-28(27)42;1-3-2;1-2;;/h1-10H,11-24H2,(H,36,43)(H,37,44)(H,38,39,40);3H2,1-2H3;1-2H3;2*1H. The number of anilines is 1. The fourth-order valence-corrected chi connectivity index (χ4v) is 5.42. The molecule has 5 amide bonds. The lowest BCUT2D eigenvalue weighted by Gasteiger charge is -2.28. The van der Waals surface area contributed by atoms with Gasteiger partial charge in [0.1, 0.15) is 17.8 Å². The maximum Gasteiger partial charge on any atom is 0.253 e. The highest BCUT2D eigenvalue weighted by Crippen LogP contribution is 2.39. The monoisotopic (exact) mass is 781 g/mol. The first-order chi connectivity index (χ1) is 27.3. The second-order valence-corrected chi connectivity index (χ2v) is 12.1. The van der Waals surface area contributed by atoms with Gasteiger partial charge in [0.15, 0.2) is 0 Å². The number of aromatic amines is 1. The lowest BCUT2D eigenvalue weighted by molar-refractivity contribution is -0.137. The molecule has 0 unspecified atom stereocenters. The highest BCUT2D eigenvalue weighted by Gasteiger charge is 2.28. The molecule has 16 nitrogen and oxygen atoms in total. The van der Waals surface area contributed by atoms with Gasteiger partial charge in [0.25, 0.3) is 11.8 Å². The summed E-state index contributed by atoms with van der Waals surface area (Å²) in [5.74, 6) is -1.83. The van der Waals surface area contributed by atoms with Gasteiger partial charge in [-0.1, -0.05) is 76.6 Å². The van der Waals surface area contributed by atoms with Gasteiger partial charge >= 0.3 is 0 Å². The number of hydrogen-bond donors (Lipinski definition) is 3. The van der Waals surface area contributed by atoms with Crippen molar-refractivity contribution in [1.29, 1.82) is 0 Å². The summed E-state index contributed by atoms with van der Waals surface area (Å²) in [4.78, 5) is 63.6. The number of para-hydroxylation sites is 1. The SMILES string of the molecule is CC.CCC.O=C(CCN1C(=O)C=CC1=O)NCCOCCOCCOCCOCCNC(=O)CC(=O)N1Cc2ccccc2-c2n[nH]nc2-c2ccccc21.[HH].[HH]. The Balaban J connectivity index is 0.00000229. The van der Waals surface area contributed by atoms with Gasteiger partial charge in [-0.3, -0.25) is 28.9 Å². The largest absolute Gasteiger partial charge is 0.377 e. The number of imide groups is 1. The number of nitrogens with one attached hydrogen (secondary N) is 3. The van der Waals surface area contributed by atoms with Crippen LogP contribution in [0.15, 0.2) is 60.7 Å². The molecule has 0 atom stereocenters. The van der Waals surface area contributed by atoms with Crippen molar-refractivity contribution < 1.29 is 45.8 Å². The molecule has 0 spiro atoms. The normalized spacial score (nSPS) is 12.6. The number of carbonyl (C=O) groups excluding carboxylic acids is 5. The van der Waals surface area contributed by atoms with Crippen LogP contribution in [0.5, 0.6) is 0 Å². The van der Waals surface area contributed by atoms with Crippen LogP contribution in [0.25, 0.3) is 22.5 Å². The zero-order valence-corrected chi connectivity index (χ0v) is 32.8. The zero-order chi connectivity index (χ0) is 40.5. The predicted octanol–water partition coefficient (Wildman–Crippen LogP) is 3.92. The van der Waals surface area contributed by atoms with Gasteiger partial charge in [0.2, 0.25) is 17.7 Å². The van der Waals surface area contributed by atoms with Crippen molar-refractivity contribution in [1.82, 2.24) is 30.9 Å². The van der Waals surface area contributed by atoms with E-state index in [1.807, 2.05) is 62.4 Å². The quantitative estimate of drug-likeness (QED) is 0.0855. The smallest absolute Gasteiger partial charge is 0.253 e. The Morgan fingerprint density at radius 2 is 1.20 bits per heavy atom. The van der Waals surface area contributed by atoms with Crippen LogP contribution in [0, 0.1) is 0 Å². The molecule has 0 bridgehead atoms. The Morgan fingerprint density at radius 3 is 1.79 bits per heavy atom. The number of aromatic nitrogens is 3. The molecule has 0 fully saturated rings. The zero-order valence-electron chi connectivity index (χ0n) is 32.8. The van der Waals surface area contributed by atoms with Crippen molar-refractivity contribution in [3.05, 3.63) is 66.2 Å². The van der Waals surface area contributed by atoms with Gasteiger partial charge in [-0.2, -0.15) is 15.4 Å². The number of H-pyrrole nitrogens is 1. The number of carbonyl (C=O) groups is 5. The van der Waals surface area contributed by atoms with Crippen molar-refractivity contribution in [2.75, 3.05) is 77.4 Å². The van der Waals surface area contributed by atoms with Crippen LogP contribution in [0.3, 0.4) is 0 Å². The summed E-state index contributed by atoms with van der Waals surface area (Å²) in [6.07, 6.45) is 3.33. The Bertz CT molecular complexity index is 1720. The van der Waals surface area contributed by atoms with Crippen LogP contribution < -0.4 is 15.5 Å². The van der Waals surface area contributed by atoms with Crippen LogP contribution in [-0.2, 0) is 49.5 Å². The number of rotatable bonds is 20. The predicted molar refractivity (Wildman–Crippen MR) is 214 cm³/mol. The Hall–Kier alpha value is -5.29. The molecule has 3 aromatic rings. The topological polar surface area (TPSA) is 194 Å². The van der Waals surface area contributed by atoms with Crippen LogP contribution in [0.4, 0.5) is 5.69 Å². The second kappa shape index (κ2) is 25.7. The second-order valence-electron chi connectivity index (χ2n) is 12.1. The molecule has 0 radical (unpaired) electrons. The van der Waals surface area contributed by atoms with E-state index in [4.69, 9.17) is 18.9 Å². The summed E-state index contributed by atoms with van der Waals surface area (Å²) in [5.41, 5.74) is 4.53. The third kappa shape index (κ3) is 14.4. The Labute approximate surface area is 331 Å². The van der Waals surface area contributed by atoms with E-state index < -0.39 is 17.7 Å². The van der Waals surface area contributed by atoms with E-state index >= 15 is 0 Å². The van der Waals surface area contributed by atoms with Crippen LogP contribution in [-0.4, -0.2) is 122 Å². The first kappa shape index (κ1) is 45.1.